The topological polar surface area (TPSA) is 59.1 Å². The number of nitrogens with one attached hydrogen (secondary N) is 2. The minimum atomic E-state index is 0.572. The number of hydrogen-bond donors (Lipinski definition) is 2. The van der Waals surface area contributed by atoms with Gasteiger partial charge in [-0.2, -0.15) is 0 Å². The lowest BCUT2D eigenvalue weighted by Crippen LogP contribution is -2.09. The Bertz CT molecular complexity index is 379. The molecule has 0 spiro atoms. The van der Waals surface area contributed by atoms with Crippen LogP contribution >= 0.6 is 0 Å². The Morgan fingerprint density at radius 3 is 2.78 bits per heavy atom. The van der Waals surface area contributed by atoms with E-state index in [1.54, 1.807) is 0 Å². The number of ether oxygens (including phenoxy) is 1. The molecule has 0 radical (unpaired) electrons. The zero-order valence-corrected chi connectivity index (χ0v) is 11.2. The van der Waals surface area contributed by atoms with E-state index in [1.807, 2.05) is 20.0 Å². The molecule has 1 aliphatic rings. The van der Waals surface area contributed by atoms with E-state index in [0.29, 0.717) is 5.92 Å². The molecule has 1 aliphatic carbocycles. The molecule has 1 aromatic heterocycles. The first-order chi connectivity index (χ1) is 8.83. The van der Waals surface area contributed by atoms with Crippen LogP contribution in [0.15, 0.2) is 6.07 Å². The highest BCUT2D eigenvalue weighted by Crippen LogP contribution is 2.38. The number of aromatic nitrogens is 2. The summed E-state index contributed by atoms with van der Waals surface area (Å²) in [7, 11) is 1.89. The highest BCUT2D eigenvalue weighted by Gasteiger charge is 2.27. The number of hydrogen-bond acceptors (Lipinski definition) is 5. The van der Waals surface area contributed by atoms with E-state index in [9.17, 15) is 0 Å². The summed E-state index contributed by atoms with van der Waals surface area (Å²) in [4.78, 5) is 9.04. The van der Waals surface area contributed by atoms with Gasteiger partial charge in [0.15, 0.2) is 0 Å². The molecule has 5 nitrogen and oxygen atoms in total. The van der Waals surface area contributed by atoms with Crippen LogP contribution in [-0.2, 0) is 4.74 Å². The molecule has 1 fully saturated rings. The molecule has 0 atom stereocenters. The van der Waals surface area contributed by atoms with Crippen molar-refractivity contribution in [3.05, 3.63) is 11.9 Å². The normalized spacial score (nSPS) is 14.6. The Balaban J connectivity index is 1.88. The molecule has 2 N–H and O–H groups in total. The fourth-order valence-electron chi connectivity index (χ4n) is 1.74. The molecule has 0 amide bonds. The maximum Gasteiger partial charge on any atom is 0.136 e. The molecule has 0 aromatic carbocycles. The second-order valence-corrected chi connectivity index (χ2v) is 4.50. The Morgan fingerprint density at radius 2 is 2.11 bits per heavy atom. The van der Waals surface area contributed by atoms with Gasteiger partial charge >= 0.3 is 0 Å². The quantitative estimate of drug-likeness (QED) is 0.693. The van der Waals surface area contributed by atoms with Crippen molar-refractivity contribution in [3.8, 4) is 0 Å². The molecule has 1 heterocycles. The first-order valence-corrected chi connectivity index (χ1v) is 6.71. The van der Waals surface area contributed by atoms with Crippen molar-refractivity contribution >= 4 is 11.6 Å². The van der Waals surface area contributed by atoms with Gasteiger partial charge in [-0.15, -0.1) is 0 Å². The lowest BCUT2D eigenvalue weighted by Gasteiger charge is -2.09. The van der Waals surface area contributed by atoms with E-state index in [1.165, 1.54) is 12.8 Å². The summed E-state index contributed by atoms with van der Waals surface area (Å²) in [5.41, 5.74) is 0. The predicted molar refractivity (Wildman–Crippen MR) is 73.2 cm³/mol. The van der Waals surface area contributed by atoms with Crippen molar-refractivity contribution in [2.45, 2.75) is 32.1 Å². The number of anilines is 2. The zero-order valence-electron chi connectivity index (χ0n) is 11.2. The van der Waals surface area contributed by atoms with E-state index < -0.39 is 0 Å². The third-order valence-electron chi connectivity index (χ3n) is 2.92. The van der Waals surface area contributed by atoms with Crippen LogP contribution in [0.3, 0.4) is 0 Å². The highest BCUT2D eigenvalue weighted by atomic mass is 16.5. The number of rotatable bonds is 8. The summed E-state index contributed by atoms with van der Waals surface area (Å²) >= 11 is 0. The largest absolute Gasteiger partial charge is 0.382 e. The molecule has 5 heteroatoms. The fourth-order valence-corrected chi connectivity index (χ4v) is 1.74. The first-order valence-electron chi connectivity index (χ1n) is 6.71. The van der Waals surface area contributed by atoms with Crippen molar-refractivity contribution in [2.75, 3.05) is 37.4 Å². The summed E-state index contributed by atoms with van der Waals surface area (Å²) in [6.07, 6.45) is 3.43. The van der Waals surface area contributed by atoms with Gasteiger partial charge in [-0.05, 0) is 26.2 Å². The summed E-state index contributed by atoms with van der Waals surface area (Å²) < 4.78 is 5.30. The third-order valence-corrected chi connectivity index (χ3v) is 2.92. The fraction of sp³-hybridized carbons (Fsp3) is 0.692. The number of nitrogens with zero attached hydrogens (tertiary/aromatic N) is 2. The van der Waals surface area contributed by atoms with Gasteiger partial charge in [0, 0.05) is 38.8 Å². The van der Waals surface area contributed by atoms with Gasteiger partial charge in [0.1, 0.15) is 17.5 Å². The first kappa shape index (κ1) is 13.1. The molecule has 0 saturated heterocycles. The van der Waals surface area contributed by atoms with E-state index >= 15 is 0 Å². The Kier molecular flexibility index (Phi) is 4.75. The minimum Gasteiger partial charge on any atom is -0.382 e. The molecule has 2 rings (SSSR count). The van der Waals surface area contributed by atoms with Gasteiger partial charge in [-0.25, -0.2) is 9.97 Å². The van der Waals surface area contributed by atoms with Crippen LogP contribution in [0.25, 0.3) is 0 Å². The Labute approximate surface area is 108 Å². The van der Waals surface area contributed by atoms with Crippen LogP contribution in [0.1, 0.15) is 37.9 Å². The monoisotopic (exact) mass is 250 g/mol. The summed E-state index contributed by atoms with van der Waals surface area (Å²) in [5.74, 6) is 3.34. The maximum atomic E-state index is 5.30. The van der Waals surface area contributed by atoms with Crippen LogP contribution in [0.5, 0.6) is 0 Å². The van der Waals surface area contributed by atoms with Gasteiger partial charge in [0.2, 0.25) is 0 Å². The molecule has 0 bridgehead atoms. The smallest absolute Gasteiger partial charge is 0.136 e. The second kappa shape index (κ2) is 6.54. The van der Waals surface area contributed by atoms with E-state index in [2.05, 4.69) is 20.6 Å². The second-order valence-electron chi connectivity index (χ2n) is 4.50. The van der Waals surface area contributed by atoms with Gasteiger partial charge < -0.3 is 15.4 Å². The van der Waals surface area contributed by atoms with Crippen LogP contribution in [0.4, 0.5) is 11.6 Å². The van der Waals surface area contributed by atoms with E-state index in [-0.39, 0.29) is 0 Å². The van der Waals surface area contributed by atoms with Crippen LogP contribution in [0, 0.1) is 0 Å². The highest BCUT2D eigenvalue weighted by molar-refractivity contribution is 5.47. The van der Waals surface area contributed by atoms with Crippen LogP contribution in [-0.4, -0.2) is 36.8 Å². The van der Waals surface area contributed by atoms with E-state index in [0.717, 1.165) is 43.6 Å². The standard InChI is InChI=1S/C13H22N4O/c1-3-18-8-4-7-15-12-9-11(14-2)16-13(17-12)10-5-6-10/h9-10H,3-8H2,1-2H3,(H2,14,15,16,17). The van der Waals surface area contributed by atoms with Crippen molar-refractivity contribution < 1.29 is 4.74 Å². The summed E-state index contributed by atoms with van der Waals surface area (Å²) in [6.45, 7) is 4.47. The van der Waals surface area contributed by atoms with Crippen molar-refractivity contribution in [1.82, 2.24) is 9.97 Å². The Hall–Kier alpha value is -1.36. The lowest BCUT2D eigenvalue weighted by molar-refractivity contribution is 0.147. The molecule has 1 saturated carbocycles. The average molecular weight is 250 g/mol. The summed E-state index contributed by atoms with van der Waals surface area (Å²) in [6, 6.07) is 1.95. The maximum absolute atomic E-state index is 5.30. The van der Waals surface area contributed by atoms with Gasteiger partial charge in [-0.3, -0.25) is 0 Å². The average Bonchev–Trinajstić information content (AvgIpc) is 3.22. The van der Waals surface area contributed by atoms with Gasteiger partial charge in [0.25, 0.3) is 0 Å². The lowest BCUT2D eigenvalue weighted by atomic mass is 10.3. The molecular weight excluding hydrogens is 228 g/mol. The molecule has 100 valence electrons. The molecule has 18 heavy (non-hydrogen) atoms. The van der Waals surface area contributed by atoms with Crippen molar-refractivity contribution in [2.24, 2.45) is 0 Å². The SMILES string of the molecule is CCOCCCNc1cc(NC)nc(C2CC2)n1. The summed E-state index contributed by atoms with van der Waals surface area (Å²) in [5, 5.41) is 6.42. The van der Waals surface area contributed by atoms with Crippen molar-refractivity contribution in [1.29, 1.82) is 0 Å². The van der Waals surface area contributed by atoms with Gasteiger partial charge in [0.05, 0.1) is 0 Å². The molecule has 1 aromatic rings. The van der Waals surface area contributed by atoms with E-state index in [4.69, 9.17) is 4.74 Å². The molecule has 0 unspecified atom stereocenters. The molecule has 0 aliphatic heterocycles. The van der Waals surface area contributed by atoms with Crippen LogP contribution < -0.4 is 10.6 Å². The van der Waals surface area contributed by atoms with Crippen LogP contribution in [0.2, 0.25) is 0 Å². The predicted octanol–water partition coefficient (Wildman–Crippen LogP) is 2.23. The zero-order chi connectivity index (χ0) is 12.8. The minimum absolute atomic E-state index is 0.572. The molecular formula is C13H22N4O. The van der Waals surface area contributed by atoms with Crippen molar-refractivity contribution in [3.63, 3.8) is 0 Å². The Morgan fingerprint density at radius 1 is 1.33 bits per heavy atom. The third kappa shape index (κ3) is 3.84. The van der Waals surface area contributed by atoms with Gasteiger partial charge in [-0.1, -0.05) is 0 Å².